The van der Waals surface area contributed by atoms with E-state index in [0.29, 0.717) is 24.2 Å². The molecule has 3 aromatic rings. The van der Waals surface area contributed by atoms with Gasteiger partial charge in [0.2, 0.25) is 0 Å². The number of halogens is 3. The number of nitrogens with one attached hydrogen (secondary N) is 1. The van der Waals surface area contributed by atoms with E-state index in [2.05, 4.69) is 20.4 Å². The molecular weight excluding hydrogens is 602 g/mol. The number of rotatable bonds is 13. The molecule has 0 saturated carbocycles. The Labute approximate surface area is 259 Å². The van der Waals surface area contributed by atoms with Crippen molar-refractivity contribution in [2.24, 2.45) is 0 Å². The first-order valence-electron chi connectivity index (χ1n) is 13.4. The third-order valence-electron chi connectivity index (χ3n) is 6.52. The fourth-order valence-electron chi connectivity index (χ4n) is 4.29. The number of aromatic nitrogens is 2. The quantitative estimate of drug-likeness (QED) is 0.164. The third kappa shape index (κ3) is 8.58. The summed E-state index contributed by atoms with van der Waals surface area (Å²) < 4.78 is 32.5. The minimum Gasteiger partial charge on any atom is -0.492 e. The maximum atomic E-state index is 14.2. The molecule has 1 amide bonds. The molecule has 1 fully saturated rings. The average Bonchev–Trinajstić information content (AvgIpc) is 2.99. The molecule has 1 aliphatic rings. The zero-order valence-electron chi connectivity index (χ0n) is 23.5. The first-order chi connectivity index (χ1) is 20.7. The molecule has 1 atom stereocenters. The number of hydrogen-bond acceptors (Lipinski definition) is 10. The van der Waals surface area contributed by atoms with Crippen molar-refractivity contribution < 1.29 is 33.2 Å². The van der Waals surface area contributed by atoms with Gasteiger partial charge in [-0.2, -0.15) is 0 Å². The smallest absolute Gasteiger partial charge is 0.397 e. The van der Waals surface area contributed by atoms with Crippen LogP contribution in [0.4, 0.5) is 15.9 Å². The monoisotopic (exact) mass is 630 g/mol. The SMILES string of the molecule is CB(O)N([B]C=O)c1nnc(C(=O)Nc2ccc(OCCN3CCOCC3)cc2)cc1OC(C)c1c(Cl)ccc(F)c1Cl. The summed E-state index contributed by atoms with van der Waals surface area (Å²) in [4.78, 5) is 26.6. The van der Waals surface area contributed by atoms with Gasteiger partial charge in [0, 0.05) is 42.0 Å². The summed E-state index contributed by atoms with van der Waals surface area (Å²) in [6.45, 7) is 7.47. The Morgan fingerprint density at radius 2 is 1.98 bits per heavy atom. The van der Waals surface area contributed by atoms with E-state index in [1.165, 1.54) is 19.0 Å². The van der Waals surface area contributed by atoms with Crippen LogP contribution in [0.3, 0.4) is 0 Å². The van der Waals surface area contributed by atoms with E-state index >= 15 is 0 Å². The van der Waals surface area contributed by atoms with Crippen LogP contribution in [0.5, 0.6) is 11.5 Å². The first-order valence-corrected chi connectivity index (χ1v) is 14.2. The molecule has 4 rings (SSSR count). The molecule has 0 aliphatic carbocycles. The zero-order chi connectivity index (χ0) is 30.9. The van der Waals surface area contributed by atoms with E-state index in [0.717, 1.165) is 51.1 Å². The molecule has 2 N–H and O–H groups in total. The second-order valence-electron chi connectivity index (χ2n) is 9.54. The molecular formula is C27H29B2Cl2FN5O6. The van der Waals surface area contributed by atoms with Crippen LogP contribution >= 0.6 is 23.2 Å². The summed E-state index contributed by atoms with van der Waals surface area (Å²) in [5.74, 6) is -0.778. The van der Waals surface area contributed by atoms with Crippen molar-refractivity contribution in [3.05, 3.63) is 69.6 Å². The summed E-state index contributed by atoms with van der Waals surface area (Å²) in [5, 5.41) is 20.9. The van der Waals surface area contributed by atoms with Gasteiger partial charge in [0.05, 0.1) is 18.2 Å². The highest BCUT2D eigenvalue weighted by Gasteiger charge is 2.27. The Morgan fingerprint density at radius 1 is 1.26 bits per heavy atom. The van der Waals surface area contributed by atoms with Crippen molar-refractivity contribution in [1.82, 2.24) is 15.1 Å². The van der Waals surface area contributed by atoms with Gasteiger partial charge < -0.3 is 34.1 Å². The minimum atomic E-state index is -1.22. The summed E-state index contributed by atoms with van der Waals surface area (Å²) in [6, 6.07) is 10.6. The lowest BCUT2D eigenvalue weighted by atomic mass is 9.73. The highest BCUT2D eigenvalue weighted by Crippen LogP contribution is 2.37. The normalized spacial score (nSPS) is 14.0. The van der Waals surface area contributed by atoms with Gasteiger partial charge in [0.1, 0.15) is 30.5 Å². The van der Waals surface area contributed by atoms with Gasteiger partial charge in [-0.3, -0.25) is 9.69 Å². The summed E-state index contributed by atoms with van der Waals surface area (Å²) in [6.07, 6.45) is -0.490. The van der Waals surface area contributed by atoms with Crippen molar-refractivity contribution in [2.45, 2.75) is 19.9 Å². The molecule has 11 nitrogen and oxygen atoms in total. The number of benzene rings is 2. The van der Waals surface area contributed by atoms with Crippen LogP contribution in [-0.4, -0.2) is 86.1 Å². The lowest BCUT2D eigenvalue weighted by Gasteiger charge is -2.26. The number of hydrogen-bond donors (Lipinski definition) is 2. The van der Waals surface area contributed by atoms with Crippen molar-refractivity contribution in [3.8, 4) is 11.5 Å². The van der Waals surface area contributed by atoms with Crippen molar-refractivity contribution in [3.63, 3.8) is 0 Å². The van der Waals surface area contributed by atoms with Crippen LogP contribution in [0.1, 0.15) is 29.1 Å². The van der Waals surface area contributed by atoms with E-state index in [4.69, 9.17) is 37.4 Å². The maximum Gasteiger partial charge on any atom is 0.397 e. The molecule has 2 aromatic carbocycles. The Kier molecular flexibility index (Phi) is 11.6. The first kappa shape index (κ1) is 32.5. The van der Waals surface area contributed by atoms with Crippen molar-refractivity contribution >= 4 is 61.3 Å². The predicted octanol–water partition coefficient (Wildman–Crippen LogP) is 3.75. The van der Waals surface area contributed by atoms with Gasteiger partial charge in [0.15, 0.2) is 17.3 Å². The Balaban J connectivity index is 1.50. The number of nitrogens with zero attached hydrogens (tertiary/aromatic N) is 4. The Bertz CT molecular complexity index is 1420. The van der Waals surface area contributed by atoms with Crippen LogP contribution in [0, 0.1) is 5.82 Å². The second kappa shape index (κ2) is 15.3. The van der Waals surface area contributed by atoms with E-state index in [9.17, 15) is 19.0 Å². The fraction of sp³-hybridized carbons (Fsp3) is 0.333. The molecule has 1 radical (unpaired) electrons. The second-order valence-corrected chi connectivity index (χ2v) is 10.3. The maximum absolute atomic E-state index is 14.2. The summed E-state index contributed by atoms with van der Waals surface area (Å²) in [5.41, 5.74) is 0.502. The van der Waals surface area contributed by atoms with E-state index in [1.807, 2.05) is 0 Å². The molecule has 225 valence electrons. The van der Waals surface area contributed by atoms with Gasteiger partial charge in [-0.15, -0.1) is 10.2 Å². The topological polar surface area (TPSA) is 126 Å². The van der Waals surface area contributed by atoms with Crippen LogP contribution in [0.15, 0.2) is 42.5 Å². The molecule has 0 bridgehead atoms. The molecule has 2 heterocycles. The third-order valence-corrected chi connectivity index (χ3v) is 7.24. The minimum absolute atomic E-state index is 0.0490. The molecule has 1 aliphatic heterocycles. The van der Waals surface area contributed by atoms with Gasteiger partial charge >= 0.3 is 14.5 Å². The van der Waals surface area contributed by atoms with Crippen LogP contribution < -0.4 is 19.5 Å². The number of morpholine rings is 1. The van der Waals surface area contributed by atoms with Crippen LogP contribution in [0.2, 0.25) is 16.9 Å². The average molecular weight is 631 g/mol. The highest BCUT2D eigenvalue weighted by molar-refractivity contribution is 6.82. The molecule has 16 heteroatoms. The van der Waals surface area contributed by atoms with Crippen molar-refractivity contribution in [2.75, 3.05) is 49.5 Å². The highest BCUT2D eigenvalue weighted by atomic mass is 35.5. The molecule has 43 heavy (non-hydrogen) atoms. The van der Waals surface area contributed by atoms with Gasteiger partial charge in [-0.05, 0) is 50.1 Å². The van der Waals surface area contributed by atoms with Gasteiger partial charge in [0.25, 0.3) is 5.91 Å². The number of anilines is 2. The van der Waals surface area contributed by atoms with E-state index < -0.39 is 24.9 Å². The number of carbonyl (C=O) groups excluding carboxylic acids is 2. The number of ether oxygens (including phenoxy) is 3. The lowest BCUT2D eigenvalue weighted by Crippen LogP contribution is -2.42. The Hall–Kier alpha value is -3.42. The zero-order valence-corrected chi connectivity index (χ0v) is 25.0. The number of amides is 1. The fourth-order valence-corrected chi connectivity index (χ4v) is 4.97. The van der Waals surface area contributed by atoms with Crippen LogP contribution in [0.25, 0.3) is 0 Å². The largest absolute Gasteiger partial charge is 0.492 e. The summed E-state index contributed by atoms with van der Waals surface area (Å²) >= 11 is 12.4. The van der Waals surface area contributed by atoms with Crippen LogP contribution in [-0.2, 0) is 9.53 Å². The molecule has 1 aromatic heterocycles. The standard InChI is InChI=1S/C27H29B2Cl2FN5O6/c1-17(24-20(30)7-8-21(32)25(24)31)43-23-15-22(34-35-26(23)37(28-16-38)29(2)40)27(39)33-18-3-5-19(6-4-18)42-14-11-36-9-12-41-13-10-36/h3-8,15-17,40H,9-14H2,1-2H3,(H,33,39). The van der Waals surface area contributed by atoms with E-state index in [1.54, 1.807) is 31.2 Å². The summed E-state index contributed by atoms with van der Waals surface area (Å²) in [7, 11) is -0.189. The van der Waals surface area contributed by atoms with Gasteiger partial charge in [-0.25, -0.2) is 4.39 Å². The van der Waals surface area contributed by atoms with Gasteiger partial charge in [-0.1, -0.05) is 23.2 Å². The molecule has 0 spiro atoms. The van der Waals surface area contributed by atoms with Crippen molar-refractivity contribution in [1.29, 1.82) is 0 Å². The lowest BCUT2D eigenvalue weighted by molar-refractivity contribution is 0.0322. The predicted molar refractivity (Wildman–Crippen MR) is 163 cm³/mol. The Morgan fingerprint density at radius 3 is 2.65 bits per heavy atom. The number of carbonyl (C=O) groups is 2. The van der Waals surface area contributed by atoms with E-state index in [-0.39, 0.29) is 32.9 Å². The molecule has 1 saturated heterocycles. The molecule has 1 unspecified atom stereocenters.